The molecule has 27 heavy (non-hydrogen) atoms. The number of hydrogen-bond acceptors (Lipinski definition) is 4. The smallest absolute Gasteiger partial charge is 0.229 e. The van der Waals surface area contributed by atoms with E-state index in [0.29, 0.717) is 11.6 Å². The topological polar surface area (TPSA) is 69.0 Å². The van der Waals surface area contributed by atoms with E-state index in [0.717, 1.165) is 17.0 Å². The Morgan fingerprint density at radius 3 is 2.30 bits per heavy atom. The van der Waals surface area contributed by atoms with Gasteiger partial charge < -0.3 is 10.1 Å². The predicted octanol–water partition coefficient (Wildman–Crippen LogP) is 4.09. The number of pyridine rings is 1. The maximum absolute atomic E-state index is 12.4. The number of aryl methyl sites for hydroxylation is 1. The van der Waals surface area contributed by atoms with E-state index in [1.807, 2.05) is 37.4 Å². The fourth-order valence-electron chi connectivity index (χ4n) is 2.54. The van der Waals surface area contributed by atoms with Crippen LogP contribution in [-0.2, 0) is 23.7 Å². The first-order valence-corrected chi connectivity index (χ1v) is 8.82. The van der Waals surface area contributed by atoms with Gasteiger partial charge in [-0.25, -0.2) is 0 Å². The molecule has 0 unspecified atom stereocenters. The van der Waals surface area contributed by atoms with Gasteiger partial charge in [0.05, 0.1) is 12.1 Å². The van der Waals surface area contributed by atoms with Crippen LogP contribution in [0.4, 0.5) is 5.82 Å². The Hall–Kier alpha value is -3.15. The maximum atomic E-state index is 12.4. The van der Waals surface area contributed by atoms with Crippen molar-refractivity contribution in [2.24, 2.45) is 7.05 Å². The summed E-state index contributed by atoms with van der Waals surface area (Å²) in [7, 11) is 1.83. The molecule has 2 heterocycles. The Bertz CT molecular complexity index is 910. The summed E-state index contributed by atoms with van der Waals surface area (Å²) in [6.45, 7) is 6.28. The molecule has 0 saturated carbocycles. The van der Waals surface area contributed by atoms with Crippen molar-refractivity contribution in [1.29, 1.82) is 0 Å². The number of carbonyl (C=O) groups excluding carboxylic acids is 1. The van der Waals surface area contributed by atoms with Gasteiger partial charge in [0.2, 0.25) is 5.91 Å². The predicted molar refractivity (Wildman–Crippen MR) is 105 cm³/mol. The molecular weight excluding hydrogens is 340 g/mol. The van der Waals surface area contributed by atoms with E-state index in [-0.39, 0.29) is 17.7 Å². The van der Waals surface area contributed by atoms with Gasteiger partial charge in [-0.3, -0.25) is 14.5 Å². The van der Waals surface area contributed by atoms with Crippen molar-refractivity contribution in [1.82, 2.24) is 14.8 Å². The lowest BCUT2D eigenvalue weighted by Gasteiger charge is -2.13. The second-order valence-electron chi connectivity index (χ2n) is 7.44. The molecule has 1 amide bonds. The molecule has 0 aliphatic rings. The summed E-state index contributed by atoms with van der Waals surface area (Å²) >= 11 is 0. The van der Waals surface area contributed by atoms with Gasteiger partial charge in [-0.05, 0) is 29.8 Å². The van der Waals surface area contributed by atoms with Crippen molar-refractivity contribution < 1.29 is 9.53 Å². The largest absolute Gasteiger partial charge is 0.457 e. The molecule has 0 aliphatic carbocycles. The van der Waals surface area contributed by atoms with E-state index >= 15 is 0 Å². The molecule has 1 aromatic carbocycles. The van der Waals surface area contributed by atoms with Gasteiger partial charge >= 0.3 is 0 Å². The molecule has 3 rings (SSSR count). The summed E-state index contributed by atoms with van der Waals surface area (Å²) < 4.78 is 7.43. The van der Waals surface area contributed by atoms with Gasteiger partial charge in [0, 0.05) is 30.9 Å². The average molecular weight is 364 g/mol. The van der Waals surface area contributed by atoms with Crippen molar-refractivity contribution in [2.45, 2.75) is 32.6 Å². The van der Waals surface area contributed by atoms with Gasteiger partial charge in [0.25, 0.3) is 0 Å². The fraction of sp³-hybridized carbons (Fsp3) is 0.286. The van der Waals surface area contributed by atoms with Crippen molar-refractivity contribution in [2.75, 3.05) is 5.32 Å². The van der Waals surface area contributed by atoms with Crippen molar-refractivity contribution in [3.63, 3.8) is 0 Å². The zero-order valence-corrected chi connectivity index (χ0v) is 16.1. The molecular formula is C21H24N4O2. The lowest BCUT2D eigenvalue weighted by molar-refractivity contribution is -0.115. The van der Waals surface area contributed by atoms with Crippen LogP contribution < -0.4 is 10.1 Å². The molecule has 0 saturated heterocycles. The van der Waals surface area contributed by atoms with Gasteiger partial charge in [-0.1, -0.05) is 32.9 Å². The highest BCUT2D eigenvalue weighted by atomic mass is 16.5. The number of carbonyl (C=O) groups is 1. The van der Waals surface area contributed by atoms with Crippen LogP contribution in [0, 0.1) is 0 Å². The standard InChI is InChI=1S/C21H24N4O2/c1-21(2,3)18-14-19(25(4)24-18)23-20(26)13-15-5-7-16(8-6-15)27-17-9-11-22-12-10-17/h5-12,14H,13H2,1-4H3,(H,23,26). The van der Waals surface area contributed by atoms with E-state index in [1.165, 1.54) is 0 Å². The molecule has 0 radical (unpaired) electrons. The highest BCUT2D eigenvalue weighted by Gasteiger charge is 2.19. The maximum Gasteiger partial charge on any atom is 0.229 e. The molecule has 6 heteroatoms. The number of benzene rings is 1. The van der Waals surface area contributed by atoms with Gasteiger partial charge in [0.15, 0.2) is 0 Å². The van der Waals surface area contributed by atoms with Gasteiger partial charge in [-0.15, -0.1) is 0 Å². The van der Waals surface area contributed by atoms with Crippen molar-refractivity contribution in [3.8, 4) is 11.5 Å². The summed E-state index contributed by atoms with van der Waals surface area (Å²) in [5.41, 5.74) is 1.79. The van der Waals surface area contributed by atoms with Crippen LogP contribution in [0.1, 0.15) is 32.0 Å². The van der Waals surface area contributed by atoms with Crippen LogP contribution in [-0.4, -0.2) is 20.7 Å². The number of nitrogens with zero attached hydrogens (tertiary/aromatic N) is 3. The molecule has 0 fully saturated rings. The summed E-state index contributed by atoms with van der Waals surface area (Å²) in [6, 6.07) is 13.0. The van der Waals surface area contributed by atoms with Gasteiger partial charge in [0.1, 0.15) is 17.3 Å². The lowest BCUT2D eigenvalue weighted by atomic mass is 9.92. The number of nitrogens with one attached hydrogen (secondary N) is 1. The van der Waals surface area contributed by atoms with E-state index < -0.39 is 0 Å². The Balaban J connectivity index is 1.60. The Morgan fingerprint density at radius 1 is 1.07 bits per heavy atom. The molecule has 1 N–H and O–H groups in total. The number of rotatable bonds is 5. The zero-order chi connectivity index (χ0) is 19.4. The van der Waals surface area contributed by atoms with E-state index in [2.05, 4.69) is 36.2 Å². The molecule has 2 aromatic heterocycles. The first kappa shape index (κ1) is 18.6. The third-order valence-electron chi connectivity index (χ3n) is 4.09. The summed E-state index contributed by atoms with van der Waals surface area (Å²) in [5.74, 6) is 2.05. The summed E-state index contributed by atoms with van der Waals surface area (Å²) in [6.07, 6.45) is 3.64. The Morgan fingerprint density at radius 2 is 1.70 bits per heavy atom. The molecule has 3 aromatic rings. The SMILES string of the molecule is Cn1nc(C(C)(C)C)cc1NC(=O)Cc1ccc(Oc2ccncc2)cc1. The van der Waals surface area contributed by atoms with Crippen LogP contribution >= 0.6 is 0 Å². The number of amides is 1. The fourth-order valence-corrected chi connectivity index (χ4v) is 2.54. The molecule has 140 valence electrons. The molecule has 0 aliphatic heterocycles. The minimum absolute atomic E-state index is 0.0641. The molecule has 0 bridgehead atoms. The third kappa shape index (κ3) is 4.94. The van der Waals surface area contributed by atoms with E-state index in [1.54, 1.807) is 29.2 Å². The zero-order valence-electron chi connectivity index (χ0n) is 16.1. The first-order chi connectivity index (χ1) is 12.8. The number of anilines is 1. The molecule has 6 nitrogen and oxygen atoms in total. The van der Waals surface area contributed by atoms with E-state index in [9.17, 15) is 4.79 Å². The minimum Gasteiger partial charge on any atom is -0.457 e. The highest BCUT2D eigenvalue weighted by molar-refractivity contribution is 5.91. The van der Waals surface area contributed by atoms with Crippen LogP contribution in [0.15, 0.2) is 54.9 Å². The second-order valence-corrected chi connectivity index (χ2v) is 7.44. The van der Waals surface area contributed by atoms with Crippen LogP contribution in [0.3, 0.4) is 0 Å². The Kier molecular flexibility index (Phi) is 5.26. The number of hydrogen-bond donors (Lipinski definition) is 1. The second kappa shape index (κ2) is 7.61. The van der Waals surface area contributed by atoms with Crippen molar-refractivity contribution >= 4 is 11.7 Å². The summed E-state index contributed by atoms with van der Waals surface area (Å²) in [5, 5.41) is 7.40. The minimum atomic E-state index is -0.0822. The first-order valence-electron chi connectivity index (χ1n) is 8.82. The number of aromatic nitrogens is 3. The number of ether oxygens (including phenoxy) is 1. The highest BCUT2D eigenvalue weighted by Crippen LogP contribution is 2.24. The third-order valence-corrected chi connectivity index (χ3v) is 4.09. The Labute approximate surface area is 159 Å². The summed E-state index contributed by atoms with van der Waals surface area (Å²) in [4.78, 5) is 16.3. The van der Waals surface area contributed by atoms with E-state index in [4.69, 9.17) is 4.74 Å². The monoisotopic (exact) mass is 364 g/mol. The van der Waals surface area contributed by atoms with Crippen LogP contribution in [0.25, 0.3) is 0 Å². The average Bonchev–Trinajstić information content (AvgIpc) is 2.98. The normalized spacial score (nSPS) is 11.3. The van der Waals surface area contributed by atoms with Gasteiger partial charge in [-0.2, -0.15) is 5.10 Å². The quantitative estimate of drug-likeness (QED) is 0.740. The van der Waals surface area contributed by atoms with Crippen LogP contribution in [0.5, 0.6) is 11.5 Å². The molecule has 0 spiro atoms. The van der Waals surface area contributed by atoms with Crippen LogP contribution in [0.2, 0.25) is 0 Å². The van der Waals surface area contributed by atoms with Crippen molar-refractivity contribution in [3.05, 3.63) is 66.1 Å². The molecule has 0 atom stereocenters. The lowest BCUT2D eigenvalue weighted by Crippen LogP contribution is -2.16.